The van der Waals surface area contributed by atoms with E-state index in [1.54, 1.807) is 0 Å². The number of hydrogen-bond donors (Lipinski definition) is 0. The summed E-state index contributed by atoms with van der Waals surface area (Å²) in [6.07, 6.45) is 43.0. The summed E-state index contributed by atoms with van der Waals surface area (Å²) >= 11 is 0. The molecule has 0 radical (unpaired) electrons. The van der Waals surface area contributed by atoms with Crippen molar-refractivity contribution in [2.45, 2.75) is 292 Å². The fraction of sp³-hybridized carbons (Fsp3) is 0.600. The monoisotopic (exact) mass is 1100 g/mol. The zero-order valence-electron chi connectivity index (χ0n) is 53.1. The second-order valence-electron chi connectivity index (χ2n) is 23.9. The van der Waals surface area contributed by atoms with Crippen LogP contribution in [0.15, 0.2) is 109 Å². The van der Waals surface area contributed by atoms with Crippen molar-refractivity contribution >= 4 is 0 Å². The van der Waals surface area contributed by atoms with Crippen molar-refractivity contribution < 1.29 is 0 Å². The van der Waals surface area contributed by atoms with E-state index in [9.17, 15) is 0 Å². The van der Waals surface area contributed by atoms with Crippen LogP contribution < -0.4 is 0 Å². The van der Waals surface area contributed by atoms with E-state index in [2.05, 4.69) is 202 Å². The van der Waals surface area contributed by atoms with Gasteiger partial charge in [-0.2, -0.15) is 30.6 Å². The Morgan fingerprint density at radius 3 is 0.691 bits per heavy atom. The lowest BCUT2D eigenvalue weighted by Gasteiger charge is -2.10. The Kier molecular flexibility index (Phi) is 36.8. The average molecular weight is 1100 g/mol. The van der Waals surface area contributed by atoms with Crippen LogP contribution in [0.25, 0.3) is 33.8 Å². The largest absolute Gasteiger partial charge is 0.155 e. The molecule has 0 N–H and O–H groups in total. The van der Waals surface area contributed by atoms with Gasteiger partial charge in [-0.25, -0.2) is 0 Å². The van der Waals surface area contributed by atoms with E-state index >= 15 is 0 Å². The van der Waals surface area contributed by atoms with Crippen LogP contribution in [0.5, 0.6) is 0 Å². The highest BCUT2D eigenvalue weighted by molar-refractivity contribution is 5.60. The SMILES string of the molecule is CCCCCCCCc1ccc(-c2ccc(C(C)CCCCCC)nn2)cc1.CCCCCCCc1ccc(-c2ccc(C(C)CCCCCC)nn2)cc1.CCCCCCc1ccc(-c2ccc(C(C)CCCCCC)nn2)cc1. The summed E-state index contributed by atoms with van der Waals surface area (Å²) in [5.74, 6) is 1.50. The zero-order chi connectivity index (χ0) is 58.0. The van der Waals surface area contributed by atoms with E-state index in [4.69, 9.17) is 0 Å². The molecule has 0 aliphatic heterocycles. The normalized spacial score (nSPS) is 12.3. The lowest BCUT2D eigenvalue weighted by molar-refractivity contribution is 0.568. The first-order chi connectivity index (χ1) is 39.7. The molecule has 0 aliphatic carbocycles. The van der Waals surface area contributed by atoms with Gasteiger partial charge in [0.25, 0.3) is 0 Å². The van der Waals surface area contributed by atoms with Crippen LogP contribution in [0.1, 0.15) is 306 Å². The van der Waals surface area contributed by atoms with E-state index in [1.165, 1.54) is 240 Å². The van der Waals surface area contributed by atoms with Crippen molar-refractivity contribution in [2.75, 3.05) is 0 Å². The Bertz CT molecular complexity index is 2390. The van der Waals surface area contributed by atoms with E-state index in [-0.39, 0.29) is 0 Å². The maximum absolute atomic E-state index is 4.51. The van der Waals surface area contributed by atoms with Crippen molar-refractivity contribution in [3.05, 3.63) is 143 Å². The van der Waals surface area contributed by atoms with Crippen molar-refractivity contribution in [3.63, 3.8) is 0 Å². The minimum Gasteiger partial charge on any atom is -0.155 e. The predicted molar refractivity (Wildman–Crippen MR) is 351 cm³/mol. The lowest BCUT2D eigenvalue weighted by Crippen LogP contribution is -2.00. The van der Waals surface area contributed by atoms with Gasteiger partial charge in [0.1, 0.15) is 0 Å². The molecule has 0 fully saturated rings. The second kappa shape index (κ2) is 43.6. The summed E-state index contributed by atoms with van der Waals surface area (Å²) in [6.45, 7) is 20.4. The van der Waals surface area contributed by atoms with E-state index in [0.717, 1.165) is 39.7 Å². The molecule has 3 atom stereocenters. The van der Waals surface area contributed by atoms with Gasteiger partial charge in [0.15, 0.2) is 0 Å². The summed E-state index contributed by atoms with van der Waals surface area (Å²) in [7, 11) is 0. The molecule has 3 heterocycles. The molecule has 0 amide bonds. The van der Waals surface area contributed by atoms with Gasteiger partial charge in [0.05, 0.1) is 34.2 Å². The smallest absolute Gasteiger partial charge is 0.0929 e. The molecule has 6 rings (SSSR count). The van der Waals surface area contributed by atoms with Crippen LogP contribution in [0.3, 0.4) is 0 Å². The standard InChI is InChI=1S/C26H40N2.C25H38N2.C24H36N2/c1-4-6-8-10-11-13-15-23-16-18-24(19-17-23)26-21-20-25(27-28-26)22(3)14-12-9-7-5-2;1-4-6-8-10-12-14-22-15-17-23(18-16-22)25-20-19-24(26-27-25)21(3)13-11-9-7-5-2;1-4-6-8-10-12-20(3)23-18-19-24(26-25-23)22-16-14-21(15-17-22)13-11-9-7-5-2/h16-22H,4-15H2,1-3H3;15-21H,4-14H2,1-3H3;14-20H,4-13H2,1-3H3. The Balaban J connectivity index is 0.000000262. The van der Waals surface area contributed by atoms with Crippen molar-refractivity contribution in [2.24, 2.45) is 0 Å². The summed E-state index contributed by atoms with van der Waals surface area (Å²) in [5.41, 5.74) is 14.1. The number of unbranched alkanes of at least 4 members (excludes halogenated alkanes) is 21. The molecule has 6 heteroatoms. The van der Waals surface area contributed by atoms with Crippen LogP contribution in [0.4, 0.5) is 0 Å². The second-order valence-corrected chi connectivity index (χ2v) is 23.9. The molecule has 6 nitrogen and oxygen atoms in total. The van der Waals surface area contributed by atoms with Crippen molar-refractivity contribution in [3.8, 4) is 33.8 Å². The molecule has 0 saturated carbocycles. The first-order valence-corrected chi connectivity index (χ1v) is 33.5. The average Bonchev–Trinajstić information content (AvgIpc) is 3.51. The van der Waals surface area contributed by atoms with Crippen LogP contribution in [0, 0.1) is 0 Å². The van der Waals surface area contributed by atoms with Crippen LogP contribution in [-0.2, 0) is 19.3 Å². The molecule has 81 heavy (non-hydrogen) atoms. The molecular formula is C75H114N6. The fourth-order valence-corrected chi connectivity index (χ4v) is 10.7. The number of aromatic nitrogens is 6. The Morgan fingerprint density at radius 1 is 0.235 bits per heavy atom. The molecule has 0 aliphatic rings. The highest BCUT2D eigenvalue weighted by atomic mass is 15.1. The summed E-state index contributed by atoms with van der Waals surface area (Å²) in [4.78, 5) is 0. The van der Waals surface area contributed by atoms with Crippen LogP contribution in [0.2, 0.25) is 0 Å². The molecule has 0 spiro atoms. The third-order valence-electron chi connectivity index (χ3n) is 16.5. The minimum absolute atomic E-state index is 0.498. The number of aryl methyl sites for hydroxylation is 3. The maximum atomic E-state index is 4.51. The third kappa shape index (κ3) is 28.6. The first kappa shape index (κ1) is 68.4. The van der Waals surface area contributed by atoms with Gasteiger partial charge in [0, 0.05) is 34.4 Å². The molecule has 3 aromatic carbocycles. The fourth-order valence-electron chi connectivity index (χ4n) is 10.7. The summed E-state index contributed by atoms with van der Waals surface area (Å²) in [5, 5.41) is 27.0. The minimum atomic E-state index is 0.498. The Morgan fingerprint density at radius 2 is 0.457 bits per heavy atom. The molecule has 3 aromatic heterocycles. The molecule has 0 bridgehead atoms. The Hall–Kier alpha value is -5.10. The number of nitrogens with zero attached hydrogens (tertiary/aromatic N) is 6. The van der Waals surface area contributed by atoms with Gasteiger partial charge < -0.3 is 0 Å². The molecule has 3 unspecified atom stereocenters. The van der Waals surface area contributed by atoms with Gasteiger partial charge in [-0.15, -0.1) is 0 Å². The van der Waals surface area contributed by atoms with Gasteiger partial charge in [0.2, 0.25) is 0 Å². The van der Waals surface area contributed by atoms with Crippen LogP contribution >= 0.6 is 0 Å². The molecule has 0 saturated heterocycles. The maximum Gasteiger partial charge on any atom is 0.0929 e. The van der Waals surface area contributed by atoms with Gasteiger partial charge in [-0.05, 0) is 111 Å². The quantitative estimate of drug-likeness (QED) is 0.0358. The van der Waals surface area contributed by atoms with Gasteiger partial charge in [-0.3, -0.25) is 0 Å². The number of rotatable bonds is 39. The lowest BCUT2D eigenvalue weighted by atomic mass is 9.98. The molecule has 444 valence electrons. The highest BCUT2D eigenvalue weighted by Gasteiger charge is 2.12. The highest BCUT2D eigenvalue weighted by Crippen LogP contribution is 2.27. The van der Waals surface area contributed by atoms with E-state index in [0.29, 0.717) is 17.8 Å². The summed E-state index contributed by atoms with van der Waals surface area (Å²) < 4.78 is 0. The predicted octanol–water partition coefficient (Wildman–Crippen LogP) is 23.2. The van der Waals surface area contributed by atoms with E-state index < -0.39 is 0 Å². The van der Waals surface area contributed by atoms with E-state index in [1.807, 2.05) is 0 Å². The summed E-state index contributed by atoms with van der Waals surface area (Å²) in [6, 6.07) is 39.5. The van der Waals surface area contributed by atoms with Crippen LogP contribution in [-0.4, -0.2) is 30.6 Å². The topological polar surface area (TPSA) is 77.3 Å². The number of benzene rings is 3. The zero-order valence-corrected chi connectivity index (χ0v) is 53.1. The van der Waals surface area contributed by atoms with Gasteiger partial charge in [-0.1, -0.05) is 289 Å². The van der Waals surface area contributed by atoms with Crippen molar-refractivity contribution in [1.82, 2.24) is 30.6 Å². The third-order valence-corrected chi connectivity index (χ3v) is 16.5. The first-order valence-electron chi connectivity index (χ1n) is 33.5. The van der Waals surface area contributed by atoms with Gasteiger partial charge >= 0.3 is 0 Å². The molecule has 6 aromatic rings. The Labute approximate surface area is 496 Å². The van der Waals surface area contributed by atoms with Crippen molar-refractivity contribution in [1.29, 1.82) is 0 Å². The number of hydrogen-bond acceptors (Lipinski definition) is 6. The molecular weight excluding hydrogens is 985 g/mol.